The Morgan fingerprint density at radius 2 is 1.23 bits per heavy atom. The predicted molar refractivity (Wildman–Crippen MR) is 194 cm³/mol. The lowest BCUT2D eigenvalue weighted by Crippen LogP contribution is -2.03. The van der Waals surface area contributed by atoms with E-state index in [0.717, 1.165) is 28.7 Å². The molecule has 6 rings (SSSR count). The first kappa shape index (κ1) is 28.8. The van der Waals surface area contributed by atoms with Gasteiger partial charge in [0.25, 0.3) is 0 Å². The third-order valence-electron chi connectivity index (χ3n) is 8.58. The SMILES string of the molecule is C=C/C=C(\C(=N)C(/C=C\C)=C/C)c1ccc(-c2c3ccccc3c(-c3cccc4c(CC)cccc34)c3ccccc23)cc1. The van der Waals surface area contributed by atoms with E-state index in [1.54, 1.807) is 6.08 Å². The molecule has 0 saturated carbocycles. The lowest BCUT2D eigenvalue weighted by atomic mass is 9.84. The molecule has 0 radical (unpaired) electrons. The molecule has 0 aliphatic rings. The Morgan fingerprint density at radius 1 is 0.659 bits per heavy atom. The Bertz CT molecular complexity index is 2080. The zero-order valence-electron chi connectivity index (χ0n) is 25.7. The number of nitrogens with one attached hydrogen (secondary N) is 1. The molecule has 0 unspecified atom stereocenters. The molecule has 0 fully saturated rings. The maximum atomic E-state index is 8.93. The van der Waals surface area contributed by atoms with E-state index in [2.05, 4.69) is 123 Å². The molecular weight excluding hydrogens is 530 g/mol. The molecule has 0 amide bonds. The van der Waals surface area contributed by atoms with Crippen molar-refractivity contribution in [3.63, 3.8) is 0 Å². The first-order valence-electron chi connectivity index (χ1n) is 15.4. The van der Waals surface area contributed by atoms with Crippen LogP contribution in [0.3, 0.4) is 0 Å². The van der Waals surface area contributed by atoms with Gasteiger partial charge < -0.3 is 0 Å². The Morgan fingerprint density at radius 3 is 1.80 bits per heavy atom. The third-order valence-corrected chi connectivity index (χ3v) is 8.58. The molecule has 0 aromatic heterocycles. The van der Waals surface area contributed by atoms with E-state index >= 15 is 0 Å². The van der Waals surface area contributed by atoms with Crippen LogP contribution in [0.5, 0.6) is 0 Å². The molecule has 0 aliphatic carbocycles. The van der Waals surface area contributed by atoms with Crippen LogP contribution in [0.25, 0.3) is 60.1 Å². The van der Waals surface area contributed by atoms with Crippen molar-refractivity contribution >= 4 is 43.6 Å². The van der Waals surface area contributed by atoms with Crippen molar-refractivity contribution in [3.05, 3.63) is 163 Å². The van der Waals surface area contributed by atoms with E-state index in [1.165, 1.54) is 54.6 Å². The Balaban J connectivity index is 1.58. The second-order valence-corrected chi connectivity index (χ2v) is 11.0. The Kier molecular flexibility index (Phi) is 8.21. The molecule has 1 nitrogen and oxygen atoms in total. The minimum Gasteiger partial charge on any atom is -0.300 e. The highest BCUT2D eigenvalue weighted by molar-refractivity contribution is 6.31. The minimum absolute atomic E-state index is 0.486. The van der Waals surface area contributed by atoms with Crippen molar-refractivity contribution in [1.82, 2.24) is 0 Å². The molecule has 44 heavy (non-hydrogen) atoms. The zero-order chi connectivity index (χ0) is 30.6. The van der Waals surface area contributed by atoms with Gasteiger partial charge in [-0.2, -0.15) is 0 Å². The molecule has 1 N–H and O–H groups in total. The fraction of sp³-hybridized carbons (Fsp3) is 0.0930. The molecule has 1 heteroatoms. The maximum absolute atomic E-state index is 8.93. The molecule has 6 aromatic carbocycles. The maximum Gasteiger partial charge on any atom is 0.0687 e. The smallest absolute Gasteiger partial charge is 0.0687 e. The topological polar surface area (TPSA) is 23.9 Å². The molecule has 6 aromatic rings. The third kappa shape index (κ3) is 5.01. The minimum atomic E-state index is 0.486. The van der Waals surface area contributed by atoms with Crippen LogP contribution in [0.15, 0.2) is 152 Å². The summed E-state index contributed by atoms with van der Waals surface area (Å²) >= 11 is 0. The van der Waals surface area contributed by atoms with Crippen LogP contribution in [-0.2, 0) is 6.42 Å². The summed E-state index contributed by atoms with van der Waals surface area (Å²) in [5.41, 5.74) is 9.53. The van der Waals surface area contributed by atoms with Crippen molar-refractivity contribution < 1.29 is 0 Å². The van der Waals surface area contributed by atoms with Crippen molar-refractivity contribution in [2.75, 3.05) is 0 Å². The van der Waals surface area contributed by atoms with Gasteiger partial charge in [0.2, 0.25) is 0 Å². The highest BCUT2D eigenvalue weighted by Gasteiger charge is 2.18. The van der Waals surface area contributed by atoms with Crippen LogP contribution >= 0.6 is 0 Å². The summed E-state index contributed by atoms with van der Waals surface area (Å²) in [6, 6.07) is 39.7. The predicted octanol–water partition coefficient (Wildman–Crippen LogP) is 12.2. The molecule has 0 aliphatic heterocycles. The molecular formula is C43H37N. The van der Waals surface area contributed by atoms with Crippen molar-refractivity contribution in [3.8, 4) is 22.3 Å². The van der Waals surface area contributed by atoms with Gasteiger partial charge in [0.1, 0.15) is 0 Å². The quantitative estimate of drug-likeness (QED) is 0.107. The summed E-state index contributed by atoms with van der Waals surface area (Å²) < 4.78 is 0. The monoisotopic (exact) mass is 567 g/mol. The van der Waals surface area contributed by atoms with E-state index in [1.807, 2.05) is 38.2 Å². The van der Waals surface area contributed by atoms with Crippen molar-refractivity contribution in [1.29, 1.82) is 5.41 Å². The van der Waals surface area contributed by atoms with Gasteiger partial charge in [-0.25, -0.2) is 0 Å². The van der Waals surface area contributed by atoms with Crippen LogP contribution in [0.4, 0.5) is 0 Å². The largest absolute Gasteiger partial charge is 0.300 e. The van der Waals surface area contributed by atoms with Crippen LogP contribution in [-0.4, -0.2) is 5.71 Å². The second-order valence-electron chi connectivity index (χ2n) is 11.0. The zero-order valence-corrected chi connectivity index (χ0v) is 25.7. The number of benzene rings is 6. The number of allylic oxidation sites excluding steroid dienone is 7. The molecule has 0 bridgehead atoms. The summed E-state index contributed by atoms with van der Waals surface area (Å²) in [4.78, 5) is 0. The van der Waals surface area contributed by atoms with Gasteiger partial charge in [0.15, 0.2) is 0 Å². The highest BCUT2D eigenvalue weighted by Crippen LogP contribution is 2.45. The van der Waals surface area contributed by atoms with Crippen LogP contribution in [0.2, 0.25) is 0 Å². The van der Waals surface area contributed by atoms with E-state index in [-0.39, 0.29) is 0 Å². The van der Waals surface area contributed by atoms with E-state index < -0.39 is 0 Å². The van der Waals surface area contributed by atoms with Gasteiger partial charge in [-0.3, -0.25) is 5.41 Å². The Hall–Kier alpha value is -5.27. The Labute approximate surface area is 260 Å². The highest BCUT2D eigenvalue weighted by atomic mass is 14.4. The van der Waals surface area contributed by atoms with Gasteiger partial charge in [-0.05, 0) is 91.5 Å². The fourth-order valence-corrected chi connectivity index (χ4v) is 6.55. The number of hydrogen-bond donors (Lipinski definition) is 1. The van der Waals surface area contributed by atoms with Crippen molar-refractivity contribution in [2.45, 2.75) is 27.2 Å². The van der Waals surface area contributed by atoms with E-state index in [9.17, 15) is 0 Å². The van der Waals surface area contributed by atoms with E-state index in [4.69, 9.17) is 5.41 Å². The number of fused-ring (bicyclic) bond motifs is 3. The number of hydrogen-bond acceptors (Lipinski definition) is 1. The van der Waals surface area contributed by atoms with Crippen LogP contribution < -0.4 is 0 Å². The standard InChI is InChI=1S/C43H37N/c1-5-15-30(8-4)43(44)34(16-6-2)31-25-27-32(28-26-31)41-37-18-9-11-20-39(37)42(40-21-12-10-19-38(40)41)36-24-14-22-33-29(7-3)17-13-23-35(33)36/h5-6,8-28,44H,2,7H2,1,3-4H3/b15-5-,30-8+,34-16-,44-43?. The van der Waals surface area contributed by atoms with Crippen LogP contribution in [0.1, 0.15) is 31.9 Å². The second kappa shape index (κ2) is 12.5. The van der Waals surface area contributed by atoms with Gasteiger partial charge in [-0.15, -0.1) is 0 Å². The average Bonchev–Trinajstić information content (AvgIpc) is 3.08. The molecule has 0 atom stereocenters. The number of rotatable bonds is 8. The summed E-state index contributed by atoms with van der Waals surface area (Å²) in [5, 5.41) is 16.5. The normalized spacial score (nSPS) is 12.4. The summed E-state index contributed by atoms with van der Waals surface area (Å²) in [5.74, 6) is 0. The number of aryl methyl sites for hydroxylation is 1. The molecule has 0 spiro atoms. The fourth-order valence-electron chi connectivity index (χ4n) is 6.55. The summed E-state index contributed by atoms with van der Waals surface area (Å²) in [6.45, 7) is 10.1. The lowest BCUT2D eigenvalue weighted by molar-refractivity contribution is 1.16. The lowest BCUT2D eigenvalue weighted by Gasteiger charge is -2.19. The van der Waals surface area contributed by atoms with E-state index in [0.29, 0.717) is 5.71 Å². The van der Waals surface area contributed by atoms with Gasteiger partial charge in [0.05, 0.1) is 5.71 Å². The molecule has 0 heterocycles. The van der Waals surface area contributed by atoms with Crippen LogP contribution in [0, 0.1) is 5.41 Å². The molecule has 0 saturated heterocycles. The van der Waals surface area contributed by atoms with Crippen molar-refractivity contribution in [2.24, 2.45) is 0 Å². The molecule has 214 valence electrons. The summed E-state index contributed by atoms with van der Waals surface area (Å²) in [6.07, 6.45) is 10.6. The van der Waals surface area contributed by atoms with Gasteiger partial charge in [0, 0.05) is 5.57 Å². The van der Waals surface area contributed by atoms with Gasteiger partial charge >= 0.3 is 0 Å². The average molecular weight is 568 g/mol. The first-order valence-corrected chi connectivity index (χ1v) is 15.4. The van der Waals surface area contributed by atoms with Gasteiger partial charge in [-0.1, -0.05) is 153 Å². The summed E-state index contributed by atoms with van der Waals surface area (Å²) in [7, 11) is 0. The first-order chi connectivity index (χ1) is 21.6.